The van der Waals surface area contributed by atoms with E-state index in [0.717, 1.165) is 24.8 Å². The van der Waals surface area contributed by atoms with Gasteiger partial charge in [-0.05, 0) is 37.5 Å². The van der Waals surface area contributed by atoms with Gasteiger partial charge in [-0.25, -0.2) is 18.6 Å². The molecule has 2 aromatic carbocycles. The second-order valence-corrected chi connectivity index (χ2v) is 12.2. The van der Waals surface area contributed by atoms with Crippen LogP contribution in [0.5, 0.6) is 5.75 Å². The second-order valence-electron chi connectivity index (χ2n) is 9.20. The lowest BCUT2D eigenvalue weighted by Crippen LogP contribution is -2.32. The van der Waals surface area contributed by atoms with Gasteiger partial charge in [0.2, 0.25) is 0 Å². The summed E-state index contributed by atoms with van der Waals surface area (Å²) in [7, 11) is -2.23. The van der Waals surface area contributed by atoms with Crippen LogP contribution in [0.2, 0.25) is 5.02 Å². The Morgan fingerprint density at radius 1 is 1.17 bits per heavy atom. The van der Waals surface area contributed by atoms with Crippen LogP contribution in [0.1, 0.15) is 30.5 Å². The number of hydrogen-bond donors (Lipinski definition) is 0. The smallest absolute Gasteiger partial charge is 0.150 e. The highest BCUT2D eigenvalue weighted by Crippen LogP contribution is 2.35. The standard InChI is InChI=1S/C25H25ClFN3O4S/c26-18-11-17(30-35(31)7-1-2-8-35)12-20-24(18)19(28-14-29-20)9-15-3-4-16(27)10-22(15)34-23-13-33-21-5-6-32-25(21)23/h3-4,10-12,14,21,23,25H,1-2,5-9,13H2/t21-,23-,25+/m1/s1. The van der Waals surface area contributed by atoms with Crippen LogP contribution in [0.4, 0.5) is 10.1 Å². The van der Waals surface area contributed by atoms with Crippen LogP contribution in [-0.2, 0) is 25.6 Å². The van der Waals surface area contributed by atoms with Crippen molar-refractivity contribution in [3.8, 4) is 5.75 Å². The predicted molar refractivity (Wildman–Crippen MR) is 131 cm³/mol. The monoisotopic (exact) mass is 517 g/mol. The summed E-state index contributed by atoms with van der Waals surface area (Å²) < 4.78 is 49.3. The first-order valence-corrected chi connectivity index (χ1v) is 14.0. The number of fused-ring (bicyclic) bond motifs is 2. The molecular weight excluding hydrogens is 493 g/mol. The van der Waals surface area contributed by atoms with Crippen LogP contribution in [-0.4, -0.2) is 57.2 Å². The molecule has 0 saturated carbocycles. The maximum atomic E-state index is 14.2. The van der Waals surface area contributed by atoms with Crippen LogP contribution in [0.15, 0.2) is 41.0 Å². The van der Waals surface area contributed by atoms with Crippen LogP contribution < -0.4 is 4.74 Å². The molecule has 10 heteroatoms. The third-order valence-electron chi connectivity index (χ3n) is 6.79. The van der Waals surface area contributed by atoms with Gasteiger partial charge in [-0.3, -0.25) is 0 Å². The Morgan fingerprint density at radius 3 is 2.89 bits per heavy atom. The summed E-state index contributed by atoms with van der Waals surface area (Å²) in [6.45, 7) is 1.04. The van der Waals surface area contributed by atoms with E-state index in [-0.39, 0.29) is 24.1 Å². The van der Waals surface area contributed by atoms with E-state index in [1.807, 2.05) is 0 Å². The van der Waals surface area contributed by atoms with Gasteiger partial charge < -0.3 is 14.2 Å². The van der Waals surface area contributed by atoms with Gasteiger partial charge in [-0.1, -0.05) is 17.7 Å². The number of halogens is 2. The molecule has 0 aliphatic carbocycles. The van der Waals surface area contributed by atoms with Gasteiger partial charge in [0, 0.05) is 41.5 Å². The van der Waals surface area contributed by atoms with Crippen molar-refractivity contribution in [1.82, 2.24) is 9.97 Å². The molecule has 3 aromatic rings. The summed E-state index contributed by atoms with van der Waals surface area (Å²) in [5, 5.41) is 1.13. The summed E-state index contributed by atoms with van der Waals surface area (Å²) in [4.78, 5) is 8.86. The van der Waals surface area contributed by atoms with Crippen LogP contribution in [0, 0.1) is 5.82 Å². The Hall–Kier alpha value is -2.33. The molecule has 0 spiro atoms. The SMILES string of the molecule is O=S1(=Nc2cc(Cl)c3c(Cc4ccc(F)cc4O[C@@H]4CO[C@@H]5CCO[C@@H]54)ncnc3c2)CCCC1. The summed E-state index contributed by atoms with van der Waals surface area (Å²) in [5.41, 5.74) is 2.65. The van der Waals surface area contributed by atoms with Crippen molar-refractivity contribution in [3.05, 3.63) is 58.8 Å². The normalized spacial score (nSPS) is 25.1. The van der Waals surface area contributed by atoms with Crippen molar-refractivity contribution >= 4 is 37.9 Å². The van der Waals surface area contributed by atoms with Gasteiger partial charge in [-0.15, -0.1) is 0 Å². The van der Waals surface area contributed by atoms with E-state index in [0.29, 0.717) is 64.2 Å². The lowest BCUT2D eigenvalue weighted by Gasteiger charge is -2.20. The lowest BCUT2D eigenvalue weighted by molar-refractivity contribution is 0.0304. The minimum absolute atomic E-state index is 0.0283. The molecule has 3 atom stereocenters. The number of benzene rings is 2. The third-order valence-corrected chi connectivity index (χ3v) is 9.48. The topological polar surface area (TPSA) is 82.9 Å². The number of aromatic nitrogens is 2. The largest absolute Gasteiger partial charge is 0.485 e. The van der Waals surface area contributed by atoms with Crippen molar-refractivity contribution in [2.24, 2.45) is 4.36 Å². The van der Waals surface area contributed by atoms with Crippen molar-refractivity contribution in [2.45, 2.75) is 44.0 Å². The highest BCUT2D eigenvalue weighted by molar-refractivity contribution is 7.93. The highest BCUT2D eigenvalue weighted by Gasteiger charge is 2.43. The number of rotatable bonds is 5. The van der Waals surface area contributed by atoms with Gasteiger partial charge in [-0.2, -0.15) is 4.36 Å². The molecule has 0 amide bonds. The number of hydrogen-bond acceptors (Lipinski definition) is 7. The van der Waals surface area contributed by atoms with Crippen LogP contribution in [0.3, 0.4) is 0 Å². The fourth-order valence-corrected chi connectivity index (χ4v) is 7.58. The quantitative estimate of drug-likeness (QED) is 0.481. The van der Waals surface area contributed by atoms with E-state index in [9.17, 15) is 8.60 Å². The summed E-state index contributed by atoms with van der Waals surface area (Å²) in [6.07, 6.45) is 4.13. The molecule has 4 heterocycles. The molecule has 0 N–H and O–H groups in total. The fraction of sp³-hybridized carbons (Fsp3) is 0.440. The van der Waals surface area contributed by atoms with Gasteiger partial charge >= 0.3 is 0 Å². The molecule has 3 aliphatic heterocycles. The van der Waals surface area contributed by atoms with Gasteiger partial charge in [0.05, 0.1) is 44.4 Å². The van der Waals surface area contributed by atoms with E-state index >= 15 is 0 Å². The zero-order valence-electron chi connectivity index (χ0n) is 19.0. The Kier molecular flexibility index (Phi) is 6.12. The molecule has 0 radical (unpaired) electrons. The third kappa shape index (κ3) is 4.62. The van der Waals surface area contributed by atoms with Gasteiger partial charge in [0.1, 0.15) is 24.0 Å². The highest BCUT2D eigenvalue weighted by atomic mass is 35.5. The fourth-order valence-electron chi connectivity index (χ4n) is 5.08. The molecular formula is C25H25ClFN3O4S. The predicted octanol–water partition coefficient (Wildman–Crippen LogP) is 4.84. The van der Waals surface area contributed by atoms with Crippen LogP contribution in [0.25, 0.3) is 10.9 Å². The maximum Gasteiger partial charge on any atom is 0.150 e. The van der Waals surface area contributed by atoms with Crippen molar-refractivity contribution in [3.63, 3.8) is 0 Å². The van der Waals surface area contributed by atoms with Crippen molar-refractivity contribution in [1.29, 1.82) is 0 Å². The van der Waals surface area contributed by atoms with Gasteiger partial charge in [0.15, 0.2) is 6.10 Å². The van der Waals surface area contributed by atoms with E-state index < -0.39 is 9.73 Å². The summed E-state index contributed by atoms with van der Waals surface area (Å²) in [5.74, 6) is 1.28. The van der Waals surface area contributed by atoms with Crippen LogP contribution >= 0.6 is 11.6 Å². The Labute approximate surface area is 208 Å². The molecule has 1 aromatic heterocycles. The molecule has 0 bridgehead atoms. The average Bonchev–Trinajstić information content (AvgIpc) is 3.54. The first-order chi connectivity index (χ1) is 17.0. The lowest BCUT2D eigenvalue weighted by atomic mass is 10.0. The van der Waals surface area contributed by atoms with Crippen molar-refractivity contribution in [2.75, 3.05) is 24.7 Å². The molecule has 184 valence electrons. The Morgan fingerprint density at radius 2 is 2.03 bits per heavy atom. The molecule has 3 fully saturated rings. The summed E-state index contributed by atoms with van der Waals surface area (Å²) >= 11 is 6.67. The first-order valence-electron chi connectivity index (χ1n) is 11.8. The molecule has 3 aliphatic rings. The zero-order chi connectivity index (χ0) is 24.0. The van der Waals surface area contributed by atoms with Gasteiger partial charge in [0.25, 0.3) is 0 Å². The van der Waals surface area contributed by atoms with E-state index in [4.69, 9.17) is 25.8 Å². The number of ether oxygens (including phenoxy) is 3. The second kappa shape index (κ2) is 9.28. The average molecular weight is 518 g/mol. The molecule has 35 heavy (non-hydrogen) atoms. The first kappa shape index (κ1) is 23.1. The molecule has 6 rings (SSSR count). The van der Waals surface area contributed by atoms with Crippen molar-refractivity contribution < 1.29 is 22.8 Å². The molecule has 0 unspecified atom stereocenters. The minimum atomic E-state index is -2.23. The molecule has 7 nitrogen and oxygen atoms in total. The Bertz CT molecular complexity index is 1400. The number of nitrogens with zero attached hydrogens (tertiary/aromatic N) is 3. The minimum Gasteiger partial charge on any atom is -0.485 e. The van der Waals surface area contributed by atoms with E-state index in [1.54, 1.807) is 18.2 Å². The van der Waals surface area contributed by atoms with E-state index in [1.165, 1.54) is 18.5 Å². The maximum absolute atomic E-state index is 14.2. The van der Waals surface area contributed by atoms with E-state index in [2.05, 4.69) is 14.3 Å². The molecule has 3 saturated heterocycles. The zero-order valence-corrected chi connectivity index (χ0v) is 20.6. The Balaban J connectivity index is 1.33. The summed E-state index contributed by atoms with van der Waals surface area (Å²) in [6, 6.07) is 8.01.